The number of aromatic nitrogens is 1. The van der Waals surface area contributed by atoms with Gasteiger partial charge in [-0.25, -0.2) is 4.98 Å². The van der Waals surface area contributed by atoms with Gasteiger partial charge >= 0.3 is 0 Å². The lowest BCUT2D eigenvalue weighted by molar-refractivity contribution is -0.132. The van der Waals surface area contributed by atoms with Crippen molar-refractivity contribution in [1.82, 2.24) is 20.1 Å². The molecular formula is C30H44N6O5. The highest BCUT2D eigenvalue weighted by Gasteiger charge is 2.37. The molecule has 224 valence electrons. The van der Waals surface area contributed by atoms with Crippen LogP contribution in [0.4, 0.5) is 5.82 Å². The molecule has 11 heteroatoms. The number of carbonyl (C=O) groups excluding carboxylic acids is 4. The second kappa shape index (κ2) is 15.4. The van der Waals surface area contributed by atoms with Crippen molar-refractivity contribution in [3.63, 3.8) is 0 Å². The van der Waals surface area contributed by atoms with Crippen LogP contribution in [0.15, 0.2) is 18.3 Å². The van der Waals surface area contributed by atoms with Gasteiger partial charge in [0.25, 0.3) is 0 Å². The minimum Gasteiger partial charge on any atom is -0.504 e. The first kappa shape index (κ1) is 31.8. The number of fused-ring (bicyclic) bond motifs is 1. The first-order valence-electron chi connectivity index (χ1n) is 14.7. The Labute approximate surface area is 242 Å². The van der Waals surface area contributed by atoms with Crippen molar-refractivity contribution < 1.29 is 24.3 Å². The largest absolute Gasteiger partial charge is 0.504 e. The van der Waals surface area contributed by atoms with Gasteiger partial charge in [-0.2, -0.15) is 5.26 Å². The van der Waals surface area contributed by atoms with Crippen molar-refractivity contribution in [1.29, 1.82) is 5.26 Å². The van der Waals surface area contributed by atoms with E-state index in [-0.39, 0.29) is 54.7 Å². The van der Waals surface area contributed by atoms with Crippen molar-refractivity contribution in [3.8, 4) is 11.8 Å². The van der Waals surface area contributed by atoms with Crippen LogP contribution >= 0.6 is 0 Å². The number of likely N-dealkylation sites (tertiary alicyclic amines) is 2. The van der Waals surface area contributed by atoms with Crippen LogP contribution in [0.2, 0.25) is 0 Å². The molecule has 0 aromatic carbocycles. The maximum atomic E-state index is 12.0. The number of rotatable bonds is 6. The van der Waals surface area contributed by atoms with Crippen LogP contribution in [0.25, 0.3) is 0 Å². The van der Waals surface area contributed by atoms with Gasteiger partial charge in [-0.15, -0.1) is 0 Å². The standard InChI is InChI=1S/C14H22N2O2.C12H12N4O3.C4H10/c17-13(7-15-14(18)10-5-6-10)16-8-11-3-1-2-4-12(11)9-16;13-5-9-4-8(6-16(9)7-17)12(19)15-11-10(18)2-1-3-14-11;1-4(2)3/h10-12H,1-9H2,(H,15,18);1-3,7-9,18H,4,6H2,(H,14,15,19);4H,1-3H3/t;8?,9-;/m.0./s1. The summed E-state index contributed by atoms with van der Waals surface area (Å²) >= 11 is 0. The van der Waals surface area contributed by atoms with Crippen molar-refractivity contribution in [2.75, 3.05) is 31.5 Å². The number of pyridine rings is 1. The first-order chi connectivity index (χ1) is 19.6. The van der Waals surface area contributed by atoms with Crippen LogP contribution in [0.5, 0.6) is 5.75 Å². The number of nitrogens with zero attached hydrogens (tertiary/aromatic N) is 4. The van der Waals surface area contributed by atoms with E-state index in [0.29, 0.717) is 6.41 Å². The quantitative estimate of drug-likeness (QED) is 0.446. The summed E-state index contributed by atoms with van der Waals surface area (Å²) in [7, 11) is 0. The molecule has 5 rings (SSSR count). The van der Waals surface area contributed by atoms with Gasteiger partial charge in [-0.1, -0.05) is 33.6 Å². The van der Waals surface area contributed by atoms with E-state index in [0.717, 1.165) is 43.7 Å². The molecular weight excluding hydrogens is 524 g/mol. The van der Waals surface area contributed by atoms with Crippen molar-refractivity contribution >= 4 is 29.9 Å². The highest BCUT2D eigenvalue weighted by atomic mass is 16.3. The zero-order valence-corrected chi connectivity index (χ0v) is 24.4. The van der Waals surface area contributed by atoms with E-state index in [1.54, 1.807) is 6.07 Å². The van der Waals surface area contributed by atoms with Gasteiger partial charge in [0.15, 0.2) is 11.6 Å². The molecule has 0 radical (unpaired) electrons. The Morgan fingerprint density at radius 3 is 2.22 bits per heavy atom. The predicted molar refractivity (Wildman–Crippen MR) is 153 cm³/mol. The zero-order valence-electron chi connectivity index (χ0n) is 24.4. The fourth-order valence-corrected chi connectivity index (χ4v) is 5.38. The number of nitriles is 1. The molecule has 2 saturated carbocycles. The van der Waals surface area contributed by atoms with Crippen LogP contribution in [-0.2, 0) is 19.2 Å². The third-order valence-corrected chi connectivity index (χ3v) is 7.71. The maximum absolute atomic E-state index is 12.0. The lowest BCUT2D eigenvalue weighted by Crippen LogP contribution is -2.39. The molecule has 41 heavy (non-hydrogen) atoms. The van der Waals surface area contributed by atoms with E-state index in [4.69, 9.17) is 5.26 Å². The molecule has 4 atom stereocenters. The number of amides is 4. The maximum Gasteiger partial charge on any atom is 0.241 e. The second-order valence-electron chi connectivity index (χ2n) is 12.1. The average Bonchev–Trinajstić information content (AvgIpc) is 3.57. The summed E-state index contributed by atoms with van der Waals surface area (Å²) < 4.78 is 0. The highest BCUT2D eigenvalue weighted by molar-refractivity contribution is 5.93. The van der Waals surface area contributed by atoms with Crippen molar-refractivity contribution in [2.24, 2.45) is 29.6 Å². The minimum atomic E-state index is -0.578. The molecule has 3 N–H and O–H groups in total. The third-order valence-electron chi connectivity index (χ3n) is 7.71. The smallest absolute Gasteiger partial charge is 0.241 e. The van der Waals surface area contributed by atoms with Crippen LogP contribution < -0.4 is 10.6 Å². The number of hydrogen-bond acceptors (Lipinski definition) is 7. The molecule has 11 nitrogen and oxygen atoms in total. The summed E-state index contributed by atoms with van der Waals surface area (Å²) in [6.45, 7) is 8.74. The van der Waals surface area contributed by atoms with Gasteiger partial charge in [0.2, 0.25) is 24.1 Å². The summed E-state index contributed by atoms with van der Waals surface area (Å²) in [5.74, 6) is 1.76. The number of hydrogen-bond donors (Lipinski definition) is 3. The normalized spacial score (nSPS) is 24.6. The Morgan fingerprint density at radius 2 is 1.71 bits per heavy atom. The minimum absolute atomic E-state index is 0.0694. The first-order valence-corrected chi connectivity index (χ1v) is 14.7. The Hall–Kier alpha value is -3.68. The predicted octanol–water partition coefficient (Wildman–Crippen LogP) is 2.92. The number of anilines is 1. The van der Waals surface area contributed by atoms with Crippen molar-refractivity contribution in [2.45, 2.75) is 71.8 Å². The molecule has 1 aromatic heterocycles. The lowest BCUT2D eigenvalue weighted by atomic mass is 9.82. The Balaban J connectivity index is 0.000000200. The molecule has 3 heterocycles. The summed E-state index contributed by atoms with van der Waals surface area (Å²) in [6, 6.07) is 4.35. The number of nitrogens with one attached hydrogen (secondary N) is 2. The van der Waals surface area contributed by atoms with E-state index in [1.807, 2.05) is 11.0 Å². The molecule has 4 fully saturated rings. The van der Waals surface area contributed by atoms with Gasteiger partial charge in [0.05, 0.1) is 18.5 Å². The van der Waals surface area contributed by atoms with Crippen molar-refractivity contribution in [3.05, 3.63) is 18.3 Å². The fraction of sp³-hybridized carbons (Fsp3) is 0.667. The lowest BCUT2D eigenvalue weighted by Gasteiger charge is -2.22. The highest BCUT2D eigenvalue weighted by Crippen LogP contribution is 2.36. The topological polar surface area (TPSA) is 156 Å². The van der Waals surface area contributed by atoms with Gasteiger partial charge in [0, 0.05) is 31.7 Å². The molecule has 2 saturated heterocycles. The molecule has 4 amide bonds. The van der Waals surface area contributed by atoms with Crippen LogP contribution in [0, 0.1) is 40.9 Å². The molecule has 2 aliphatic heterocycles. The molecule has 4 aliphatic rings. The molecule has 3 unspecified atom stereocenters. The zero-order chi connectivity index (χ0) is 29.9. The summed E-state index contributed by atoms with van der Waals surface area (Å²) in [6.07, 6.45) is 9.49. The average molecular weight is 569 g/mol. The van der Waals surface area contributed by atoms with Crippen LogP contribution in [0.3, 0.4) is 0 Å². The van der Waals surface area contributed by atoms with Gasteiger partial charge < -0.3 is 25.5 Å². The van der Waals surface area contributed by atoms with E-state index in [1.165, 1.54) is 42.8 Å². The molecule has 1 aromatic rings. The molecule has 2 aliphatic carbocycles. The van der Waals surface area contributed by atoms with Crippen LogP contribution in [-0.4, -0.2) is 76.2 Å². The van der Waals surface area contributed by atoms with E-state index >= 15 is 0 Å². The van der Waals surface area contributed by atoms with Gasteiger partial charge in [-0.3, -0.25) is 19.2 Å². The Bertz CT molecular complexity index is 1080. The Kier molecular flexibility index (Phi) is 11.9. The monoisotopic (exact) mass is 568 g/mol. The summed E-state index contributed by atoms with van der Waals surface area (Å²) in [4.78, 5) is 53.4. The summed E-state index contributed by atoms with van der Waals surface area (Å²) in [5, 5.41) is 23.6. The molecule has 0 spiro atoms. The van der Waals surface area contributed by atoms with Crippen LogP contribution in [0.1, 0.15) is 65.7 Å². The van der Waals surface area contributed by atoms with Gasteiger partial charge in [-0.05, 0) is 62.0 Å². The SMILES string of the molecule is CC(C)C.N#C[C@@H]1CC(C(=O)Nc2ncccc2O)CN1C=O.O=C(NCC(=O)N1CC2CCCCC2C1)C1CC1. The fourth-order valence-electron chi connectivity index (χ4n) is 5.38. The number of aromatic hydroxyl groups is 1. The number of carbonyl (C=O) groups is 4. The van der Waals surface area contributed by atoms with E-state index in [9.17, 15) is 24.3 Å². The summed E-state index contributed by atoms with van der Waals surface area (Å²) in [5.41, 5.74) is 0. The second-order valence-corrected chi connectivity index (χ2v) is 12.1. The Morgan fingerprint density at radius 1 is 1.07 bits per heavy atom. The molecule has 0 bridgehead atoms. The van der Waals surface area contributed by atoms with E-state index in [2.05, 4.69) is 36.4 Å². The third kappa shape index (κ3) is 9.73. The van der Waals surface area contributed by atoms with E-state index < -0.39 is 12.0 Å². The van der Waals surface area contributed by atoms with Gasteiger partial charge in [0.1, 0.15) is 6.04 Å².